The van der Waals surface area contributed by atoms with E-state index in [1.54, 1.807) is 4.90 Å². The van der Waals surface area contributed by atoms with Crippen LogP contribution in [0.15, 0.2) is 18.2 Å². The Morgan fingerprint density at radius 1 is 0.938 bits per heavy atom. The highest BCUT2D eigenvalue weighted by atomic mass is 32.2. The van der Waals surface area contributed by atoms with E-state index in [1.807, 2.05) is 0 Å². The molecule has 3 aliphatic heterocycles. The molecule has 2 N–H and O–H groups in total. The smallest absolute Gasteiger partial charge is 0.421 e. The normalized spacial score (nSPS) is 24.7. The Morgan fingerprint density at radius 3 is 2.06 bits per heavy atom. The molecule has 9 nitrogen and oxygen atoms in total. The minimum atomic E-state index is -4.84. The first kappa shape index (κ1) is 22.9. The number of ether oxygens (including phenoxy) is 3. The zero-order valence-electron chi connectivity index (χ0n) is 16.7. The van der Waals surface area contributed by atoms with Gasteiger partial charge in [-0.15, -0.1) is 0 Å². The van der Waals surface area contributed by atoms with Crippen LogP contribution in [0.1, 0.15) is 12.8 Å². The number of piperazine rings is 1. The molecule has 3 aliphatic rings. The molecular formula is C18H21F4N3O6S. The summed E-state index contributed by atoms with van der Waals surface area (Å²) >= 11 is 0. The number of hydrogen-bond donors (Lipinski definition) is 1. The van der Waals surface area contributed by atoms with Gasteiger partial charge in [-0.05, 0) is 12.1 Å². The van der Waals surface area contributed by atoms with Gasteiger partial charge in [0.2, 0.25) is 15.9 Å². The Balaban J connectivity index is 1.49. The van der Waals surface area contributed by atoms with Gasteiger partial charge >= 0.3 is 12.2 Å². The summed E-state index contributed by atoms with van der Waals surface area (Å²) in [5.74, 6) is -2.01. The van der Waals surface area contributed by atoms with Crippen LogP contribution in [0.4, 0.5) is 23.2 Å². The maximum atomic E-state index is 13.5. The molecule has 0 unspecified atom stereocenters. The Bertz CT molecular complexity index is 1010. The molecule has 4 rings (SSSR count). The number of carbonyl (C=O) groups excluding carboxylic acids is 1. The van der Waals surface area contributed by atoms with Crippen molar-refractivity contribution in [2.45, 2.75) is 29.8 Å². The quantitative estimate of drug-likeness (QED) is 0.639. The van der Waals surface area contributed by atoms with Crippen LogP contribution in [0.3, 0.4) is 0 Å². The largest absolute Gasteiger partial charge is 0.507 e. The van der Waals surface area contributed by atoms with Gasteiger partial charge in [-0.2, -0.15) is 21.9 Å². The number of amides is 1. The van der Waals surface area contributed by atoms with Gasteiger partial charge in [0.25, 0.3) is 0 Å². The molecule has 0 saturated carbocycles. The average molecular weight is 483 g/mol. The van der Waals surface area contributed by atoms with E-state index >= 15 is 0 Å². The van der Waals surface area contributed by atoms with Gasteiger partial charge in [0, 0.05) is 64.0 Å². The summed E-state index contributed by atoms with van der Waals surface area (Å²) in [5.41, 5.74) is 5.83. The molecule has 0 aliphatic carbocycles. The lowest BCUT2D eigenvalue weighted by atomic mass is 9.98. The molecule has 2 saturated heterocycles. The van der Waals surface area contributed by atoms with Crippen LogP contribution < -0.4 is 20.1 Å². The van der Waals surface area contributed by atoms with Crippen molar-refractivity contribution in [2.24, 2.45) is 5.73 Å². The summed E-state index contributed by atoms with van der Waals surface area (Å²) in [6.45, 7) is 0.557. The minimum absolute atomic E-state index is 0.0148. The summed E-state index contributed by atoms with van der Waals surface area (Å²) in [4.78, 5) is 13.8. The number of anilines is 1. The Labute approximate surface area is 181 Å². The molecule has 14 heteroatoms. The van der Waals surface area contributed by atoms with Gasteiger partial charge in [0.05, 0.1) is 0 Å². The molecule has 1 aromatic carbocycles. The van der Waals surface area contributed by atoms with E-state index in [0.29, 0.717) is 5.69 Å². The molecule has 0 bridgehead atoms. The zero-order valence-corrected chi connectivity index (χ0v) is 17.5. The molecule has 1 amide bonds. The Morgan fingerprint density at radius 2 is 1.50 bits per heavy atom. The fraction of sp³-hybridized carbons (Fsp3) is 0.611. The number of sulfonamides is 1. The third-order valence-corrected chi connectivity index (χ3v) is 8.57. The number of nitrogens with zero attached hydrogens (tertiary/aromatic N) is 2. The van der Waals surface area contributed by atoms with Crippen LogP contribution in [-0.4, -0.2) is 75.0 Å². The van der Waals surface area contributed by atoms with Crippen molar-refractivity contribution in [1.29, 1.82) is 0 Å². The maximum absolute atomic E-state index is 13.5. The molecule has 1 aromatic rings. The number of alkyl halides is 4. The number of benzene rings is 1. The van der Waals surface area contributed by atoms with Gasteiger partial charge in [0.1, 0.15) is 0 Å². The van der Waals surface area contributed by atoms with Crippen molar-refractivity contribution in [2.75, 3.05) is 44.3 Å². The second-order valence-electron chi connectivity index (χ2n) is 7.73. The number of fused-ring (bicyclic) bond motifs is 1. The molecule has 3 heterocycles. The Kier molecular flexibility index (Phi) is 5.45. The van der Waals surface area contributed by atoms with Crippen LogP contribution in [0.5, 0.6) is 11.5 Å². The third kappa shape index (κ3) is 3.53. The topological polar surface area (TPSA) is 111 Å². The second-order valence-corrected chi connectivity index (χ2v) is 9.98. The number of rotatable bonds is 4. The molecular weight excluding hydrogens is 462 g/mol. The molecule has 0 atom stereocenters. The van der Waals surface area contributed by atoms with Gasteiger partial charge in [-0.25, -0.2) is 8.42 Å². The van der Waals surface area contributed by atoms with Gasteiger partial charge < -0.3 is 24.8 Å². The number of hydrogen-bond acceptors (Lipinski definition) is 7. The average Bonchev–Trinajstić information content (AvgIpc) is 2.74. The van der Waals surface area contributed by atoms with E-state index in [2.05, 4.69) is 9.47 Å². The maximum Gasteiger partial charge on any atom is 0.507 e. The molecule has 0 radical (unpaired) electrons. The van der Waals surface area contributed by atoms with Crippen molar-refractivity contribution in [3.05, 3.63) is 18.2 Å². The van der Waals surface area contributed by atoms with E-state index < -0.39 is 44.4 Å². The summed E-state index contributed by atoms with van der Waals surface area (Å²) in [5, 5.41) is 0. The standard InChI is InChI=1S/C18H21F4N3O6S/c19-17(20)18(21,22)31-14-11-12(1-2-13(14)30-17)24-5-7-25(8-6-24)32(27,28)16(15(23)26)3-9-29-10-4-16/h1-2,11H,3-10H2,(H2,23,26). The van der Waals surface area contributed by atoms with Crippen molar-refractivity contribution in [1.82, 2.24) is 4.31 Å². The van der Waals surface area contributed by atoms with Crippen molar-refractivity contribution >= 4 is 21.6 Å². The summed E-state index contributed by atoms with van der Waals surface area (Å²) in [6, 6.07) is 3.60. The highest BCUT2D eigenvalue weighted by Crippen LogP contribution is 2.48. The number of halogens is 4. The van der Waals surface area contributed by atoms with Crippen LogP contribution in [0, 0.1) is 0 Å². The van der Waals surface area contributed by atoms with Crippen LogP contribution >= 0.6 is 0 Å². The highest BCUT2D eigenvalue weighted by Gasteiger charge is 2.66. The SMILES string of the molecule is NC(=O)C1(S(=O)(=O)N2CCN(c3ccc4c(c3)OC(F)(F)C(F)(F)O4)CC2)CCOCC1. The van der Waals surface area contributed by atoms with Crippen LogP contribution in [-0.2, 0) is 19.6 Å². The summed E-state index contributed by atoms with van der Waals surface area (Å²) in [7, 11) is -4.07. The fourth-order valence-electron chi connectivity index (χ4n) is 4.02. The zero-order chi connectivity index (χ0) is 23.4. The van der Waals surface area contributed by atoms with E-state index in [-0.39, 0.29) is 52.2 Å². The predicted molar refractivity (Wildman–Crippen MR) is 102 cm³/mol. The van der Waals surface area contributed by atoms with Crippen LogP contribution in [0.2, 0.25) is 0 Å². The number of carbonyl (C=O) groups is 1. The summed E-state index contributed by atoms with van der Waals surface area (Å²) < 4.78 is 92.9. The van der Waals surface area contributed by atoms with Gasteiger partial charge in [0.15, 0.2) is 16.2 Å². The molecule has 0 aromatic heterocycles. The first-order valence-corrected chi connectivity index (χ1v) is 11.2. The van der Waals surface area contributed by atoms with E-state index in [1.165, 1.54) is 10.4 Å². The number of primary amides is 1. The summed E-state index contributed by atoms with van der Waals surface area (Å²) in [6.07, 6.45) is -9.71. The van der Waals surface area contributed by atoms with Gasteiger partial charge in [-0.3, -0.25) is 4.79 Å². The molecule has 2 fully saturated rings. The van der Waals surface area contributed by atoms with Gasteiger partial charge in [-0.1, -0.05) is 0 Å². The monoisotopic (exact) mass is 483 g/mol. The van der Waals surface area contributed by atoms with E-state index in [0.717, 1.165) is 12.1 Å². The lowest BCUT2D eigenvalue weighted by molar-refractivity contribution is -0.391. The number of nitrogens with two attached hydrogens (primary N) is 1. The van der Waals surface area contributed by atoms with Crippen molar-refractivity contribution in [3.8, 4) is 11.5 Å². The lowest BCUT2D eigenvalue weighted by Crippen LogP contribution is -2.61. The molecule has 178 valence electrons. The van der Waals surface area contributed by atoms with Crippen molar-refractivity contribution in [3.63, 3.8) is 0 Å². The predicted octanol–water partition coefficient (Wildman–Crippen LogP) is 1.13. The van der Waals surface area contributed by atoms with Crippen LogP contribution in [0.25, 0.3) is 0 Å². The first-order valence-electron chi connectivity index (χ1n) is 9.80. The Hall–Kier alpha value is -2.32. The fourth-order valence-corrected chi connectivity index (χ4v) is 6.09. The minimum Gasteiger partial charge on any atom is -0.421 e. The molecule has 0 spiro atoms. The van der Waals surface area contributed by atoms with E-state index in [9.17, 15) is 30.8 Å². The van der Waals surface area contributed by atoms with Crippen molar-refractivity contribution < 1.29 is 45.0 Å². The third-order valence-electron chi connectivity index (χ3n) is 5.93. The molecule has 32 heavy (non-hydrogen) atoms. The first-order chi connectivity index (χ1) is 14.9. The lowest BCUT2D eigenvalue weighted by Gasteiger charge is -2.41. The van der Waals surface area contributed by atoms with E-state index in [4.69, 9.17) is 10.5 Å². The second kappa shape index (κ2) is 7.63. The highest BCUT2D eigenvalue weighted by molar-refractivity contribution is 7.91.